The van der Waals surface area contributed by atoms with Crippen molar-refractivity contribution in [2.24, 2.45) is 0 Å². The molecule has 6 nitrogen and oxygen atoms in total. The molecule has 7 heteroatoms. The van der Waals surface area contributed by atoms with Gasteiger partial charge in [-0.25, -0.2) is 4.79 Å². The number of carbonyl (C=O) groups is 3. The number of carbonyl (C=O) groups excluding carboxylic acids is 2. The number of anilines is 2. The van der Waals surface area contributed by atoms with Crippen LogP contribution in [0.5, 0.6) is 0 Å². The summed E-state index contributed by atoms with van der Waals surface area (Å²) in [5.41, 5.74) is 2.19. The van der Waals surface area contributed by atoms with E-state index in [-0.39, 0.29) is 17.4 Å². The van der Waals surface area contributed by atoms with Crippen molar-refractivity contribution in [3.8, 4) is 0 Å². The van der Waals surface area contributed by atoms with Crippen LogP contribution in [0.25, 0.3) is 0 Å². The number of amides is 2. The summed E-state index contributed by atoms with van der Waals surface area (Å²) in [6.07, 6.45) is 2.76. The molecule has 24 heavy (non-hydrogen) atoms. The summed E-state index contributed by atoms with van der Waals surface area (Å²) < 4.78 is 0. The normalized spacial score (nSPS) is 12.5. The highest BCUT2D eigenvalue weighted by molar-refractivity contribution is 7.17. The summed E-state index contributed by atoms with van der Waals surface area (Å²) in [5.74, 6) is -1.52. The molecule has 1 heterocycles. The Balaban J connectivity index is 1.86. The van der Waals surface area contributed by atoms with E-state index in [0.717, 1.165) is 29.7 Å². The second-order valence-corrected chi connectivity index (χ2v) is 6.68. The van der Waals surface area contributed by atoms with Gasteiger partial charge in [0.05, 0.1) is 11.1 Å². The molecule has 1 aliphatic rings. The molecule has 0 atom stereocenters. The molecule has 1 aliphatic carbocycles. The Morgan fingerprint density at radius 2 is 1.79 bits per heavy atom. The van der Waals surface area contributed by atoms with E-state index in [9.17, 15) is 14.4 Å². The molecule has 0 bridgehead atoms. The van der Waals surface area contributed by atoms with Crippen LogP contribution in [0.3, 0.4) is 0 Å². The first kappa shape index (κ1) is 16.2. The Kier molecular flexibility index (Phi) is 4.35. The zero-order chi connectivity index (χ0) is 17.3. The summed E-state index contributed by atoms with van der Waals surface area (Å²) in [5, 5.41) is 15.0. The minimum atomic E-state index is -1.02. The largest absolute Gasteiger partial charge is 0.478 e. The number of aryl methyl sites for hydroxylation is 1. The molecule has 0 saturated carbocycles. The van der Waals surface area contributed by atoms with Crippen molar-refractivity contribution in [3.63, 3.8) is 0 Å². The van der Waals surface area contributed by atoms with Gasteiger partial charge in [-0.05, 0) is 49.1 Å². The number of carboxylic acids is 1. The SMILES string of the molecule is CC(=O)Nc1sc2c(c1C(=O)Nc1ccc(C(=O)O)cc1)CCC2. The maximum Gasteiger partial charge on any atom is 0.335 e. The first-order chi connectivity index (χ1) is 11.5. The molecule has 1 aromatic heterocycles. The van der Waals surface area contributed by atoms with Crippen molar-refractivity contribution in [2.75, 3.05) is 10.6 Å². The number of nitrogens with one attached hydrogen (secondary N) is 2. The van der Waals surface area contributed by atoms with E-state index in [2.05, 4.69) is 10.6 Å². The lowest BCUT2D eigenvalue weighted by Crippen LogP contribution is -2.16. The van der Waals surface area contributed by atoms with Gasteiger partial charge in [-0.1, -0.05) is 0 Å². The fourth-order valence-electron chi connectivity index (χ4n) is 2.78. The maximum atomic E-state index is 12.7. The van der Waals surface area contributed by atoms with E-state index in [4.69, 9.17) is 5.11 Å². The molecule has 1 aromatic carbocycles. The van der Waals surface area contributed by atoms with Gasteiger partial charge in [-0.3, -0.25) is 9.59 Å². The van der Waals surface area contributed by atoms with Crippen LogP contribution in [0.15, 0.2) is 24.3 Å². The van der Waals surface area contributed by atoms with E-state index >= 15 is 0 Å². The molecule has 2 aromatic rings. The van der Waals surface area contributed by atoms with E-state index in [1.54, 1.807) is 12.1 Å². The number of rotatable bonds is 4. The van der Waals surface area contributed by atoms with Gasteiger partial charge in [-0.15, -0.1) is 11.3 Å². The van der Waals surface area contributed by atoms with Crippen molar-refractivity contribution in [1.29, 1.82) is 0 Å². The summed E-state index contributed by atoms with van der Waals surface area (Å²) >= 11 is 1.45. The topological polar surface area (TPSA) is 95.5 Å². The van der Waals surface area contributed by atoms with Gasteiger partial charge in [0.2, 0.25) is 5.91 Å². The number of hydrogen-bond donors (Lipinski definition) is 3. The molecule has 3 rings (SSSR count). The molecule has 124 valence electrons. The molecular formula is C17H16N2O4S. The predicted octanol–water partition coefficient (Wildman–Crippen LogP) is 3.15. The molecule has 0 spiro atoms. The lowest BCUT2D eigenvalue weighted by atomic mass is 10.1. The number of aromatic carboxylic acids is 1. The fraction of sp³-hybridized carbons (Fsp3) is 0.235. The average molecular weight is 344 g/mol. The summed E-state index contributed by atoms with van der Waals surface area (Å²) in [6, 6.07) is 5.97. The Bertz CT molecular complexity index is 824. The number of fused-ring (bicyclic) bond motifs is 1. The minimum absolute atomic E-state index is 0.156. The summed E-state index contributed by atoms with van der Waals surface area (Å²) in [7, 11) is 0. The molecular weight excluding hydrogens is 328 g/mol. The van der Waals surface area contributed by atoms with Crippen LogP contribution in [0, 0.1) is 0 Å². The van der Waals surface area contributed by atoms with Gasteiger partial charge >= 0.3 is 5.97 Å². The Hall–Kier alpha value is -2.67. The molecule has 3 N–H and O–H groups in total. The number of thiophene rings is 1. The predicted molar refractivity (Wildman–Crippen MR) is 92.0 cm³/mol. The van der Waals surface area contributed by atoms with Gasteiger partial charge in [0.25, 0.3) is 5.91 Å². The molecule has 0 radical (unpaired) electrons. The first-order valence-corrected chi connectivity index (χ1v) is 8.34. The van der Waals surface area contributed by atoms with Crippen molar-refractivity contribution < 1.29 is 19.5 Å². The van der Waals surface area contributed by atoms with Crippen LogP contribution in [0.2, 0.25) is 0 Å². The minimum Gasteiger partial charge on any atom is -0.478 e. The number of hydrogen-bond acceptors (Lipinski definition) is 4. The summed E-state index contributed by atoms with van der Waals surface area (Å²) in [4.78, 5) is 36.1. The summed E-state index contributed by atoms with van der Waals surface area (Å²) in [6.45, 7) is 1.41. The Morgan fingerprint density at radius 3 is 2.42 bits per heavy atom. The molecule has 2 amide bonds. The van der Waals surface area contributed by atoms with Gasteiger partial charge in [-0.2, -0.15) is 0 Å². The van der Waals surface area contributed by atoms with Crippen LogP contribution >= 0.6 is 11.3 Å². The maximum absolute atomic E-state index is 12.7. The van der Waals surface area contributed by atoms with Gasteiger partial charge in [0.15, 0.2) is 0 Å². The van der Waals surface area contributed by atoms with Crippen molar-refractivity contribution in [2.45, 2.75) is 26.2 Å². The number of carboxylic acid groups (broad SMARTS) is 1. The molecule has 0 aliphatic heterocycles. The highest BCUT2D eigenvalue weighted by atomic mass is 32.1. The average Bonchev–Trinajstić information content (AvgIpc) is 3.07. The van der Waals surface area contributed by atoms with Crippen LogP contribution in [-0.4, -0.2) is 22.9 Å². The molecule has 0 saturated heterocycles. The monoisotopic (exact) mass is 344 g/mol. The quantitative estimate of drug-likeness (QED) is 0.794. The zero-order valence-electron chi connectivity index (χ0n) is 13.0. The van der Waals surface area contributed by atoms with E-state index in [1.165, 1.54) is 30.4 Å². The third-order valence-electron chi connectivity index (χ3n) is 3.83. The highest BCUT2D eigenvalue weighted by Crippen LogP contribution is 2.39. The lowest BCUT2D eigenvalue weighted by molar-refractivity contribution is -0.114. The van der Waals surface area contributed by atoms with Crippen LogP contribution in [-0.2, 0) is 17.6 Å². The Morgan fingerprint density at radius 1 is 1.08 bits per heavy atom. The lowest BCUT2D eigenvalue weighted by Gasteiger charge is -2.09. The van der Waals surface area contributed by atoms with Crippen molar-refractivity contribution in [3.05, 3.63) is 45.8 Å². The van der Waals surface area contributed by atoms with Crippen LogP contribution in [0.4, 0.5) is 10.7 Å². The van der Waals surface area contributed by atoms with E-state index < -0.39 is 5.97 Å². The van der Waals surface area contributed by atoms with Gasteiger partial charge in [0, 0.05) is 17.5 Å². The van der Waals surface area contributed by atoms with Gasteiger partial charge < -0.3 is 15.7 Å². The molecule has 0 fully saturated rings. The van der Waals surface area contributed by atoms with Crippen molar-refractivity contribution in [1.82, 2.24) is 0 Å². The van der Waals surface area contributed by atoms with Crippen molar-refractivity contribution >= 4 is 39.8 Å². The third kappa shape index (κ3) is 3.16. The standard InChI is InChI=1S/C17H16N2O4S/c1-9(20)18-16-14(12-3-2-4-13(12)24-16)15(21)19-11-7-5-10(6-8-11)17(22)23/h5-8H,2-4H2,1H3,(H,18,20)(H,19,21)(H,22,23). The van der Waals surface area contributed by atoms with E-state index in [1.807, 2.05) is 0 Å². The second kappa shape index (κ2) is 6.45. The Labute approximate surface area is 142 Å². The van der Waals surface area contributed by atoms with Crippen LogP contribution < -0.4 is 10.6 Å². The number of benzene rings is 1. The zero-order valence-corrected chi connectivity index (χ0v) is 13.8. The van der Waals surface area contributed by atoms with E-state index in [0.29, 0.717) is 16.3 Å². The first-order valence-electron chi connectivity index (χ1n) is 7.52. The van der Waals surface area contributed by atoms with Gasteiger partial charge in [0.1, 0.15) is 5.00 Å². The third-order valence-corrected chi connectivity index (χ3v) is 5.03. The molecule has 0 unspecified atom stereocenters. The highest BCUT2D eigenvalue weighted by Gasteiger charge is 2.27. The smallest absolute Gasteiger partial charge is 0.335 e. The second-order valence-electron chi connectivity index (χ2n) is 5.58. The fourth-order valence-corrected chi connectivity index (χ4v) is 4.11. The van der Waals surface area contributed by atoms with Crippen LogP contribution in [0.1, 0.15) is 44.5 Å².